The first kappa shape index (κ1) is 12.0. The fourth-order valence-electron chi connectivity index (χ4n) is 3.02. The Bertz CT molecular complexity index is 450. The second-order valence-corrected chi connectivity index (χ2v) is 5.93. The van der Waals surface area contributed by atoms with Crippen LogP contribution in [0.15, 0.2) is 30.3 Å². The van der Waals surface area contributed by atoms with Crippen LogP contribution in [0.5, 0.6) is 0 Å². The highest BCUT2D eigenvalue weighted by Gasteiger charge is 2.52. The van der Waals surface area contributed by atoms with Gasteiger partial charge in [-0.1, -0.05) is 30.3 Å². The van der Waals surface area contributed by atoms with E-state index in [2.05, 4.69) is 22.3 Å². The summed E-state index contributed by atoms with van der Waals surface area (Å²) in [6.07, 6.45) is 0.987. The minimum absolute atomic E-state index is 0.0102. The summed E-state index contributed by atoms with van der Waals surface area (Å²) in [4.78, 5) is 13.5. The third-order valence-corrected chi connectivity index (χ3v) is 4.58. The van der Waals surface area contributed by atoms with Crippen LogP contribution in [0.3, 0.4) is 0 Å². The molecule has 2 heterocycles. The maximum atomic E-state index is 11.9. The third kappa shape index (κ3) is 2.02. The van der Waals surface area contributed by atoms with E-state index in [1.807, 2.05) is 18.2 Å². The van der Waals surface area contributed by atoms with E-state index in [1.165, 1.54) is 5.56 Å². The minimum atomic E-state index is -0.701. The highest BCUT2D eigenvalue weighted by molar-refractivity contribution is 6.35. The summed E-state index contributed by atoms with van der Waals surface area (Å²) in [6, 6.07) is 10.3. The standard InChI is InChI=1S/C14H17ClN2O/c15-14-10-17(8-11-4-2-1-3-5-11)9-12(14)6-7-16-13(14)18/h1-5,12H,6-10H2,(H,16,18). The average Bonchev–Trinajstić information content (AvgIpc) is 2.69. The molecule has 2 aliphatic rings. The molecule has 2 atom stereocenters. The Hall–Kier alpha value is -1.06. The van der Waals surface area contributed by atoms with Crippen LogP contribution in [0, 0.1) is 5.92 Å². The minimum Gasteiger partial charge on any atom is -0.355 e. The zero-order valence-corrected chi connectivity index (χ0v) is 11.0. The molecule has 1 N–H and O–H groups in total. The van der Waals surface area contributed by atoms with Gasteiger partial charge in [-0.25, -0.2) is 0 Å². The zero-order chi connectivity index (χ0) is 12.6. The quantitative estimate of drug-likeness (QED) is 0.824. The second-order valence-electron chi connectivity index (χ2n) is 5.26. The lowest BCUT2D eigenvalue weighted by Gasteiger charge is -2.31. The van der Waals surface area contributed by atoms with Gasteiger partial charge in [-0.05, 0) is 12.0 Å². The topological polar surface area (TPSA) is 32.3 Å². The van der Waals surface area contributed by atoms with Gasteiger partial charge in [-0.2, -0.15) is 0 Å². The number of piperidine rings is 1. The van der Waals surface area contributed by atoms with Gasteiger partial charge in [0.15, 0.2) is 0 Å². The third-order valence-electron chi connectivity index (χ3n) is 3.98. The summed E-state index contributed by atoms with van der Waals surface area (Å²) in [5.41, 5.74) is 1.27. The van der Waals surface area contributed by atoms with E-state index in [-0.39, 0.29) is 11.8 Å². The van der Waals surface area contributed by atoms with Crippen molar-refractivity contribution in [2.24, 2.45) is 5.92 Å². The Morgan fingerprint density at radius 2 is 2.17 bits per heavy atom. The molecule has 2 saturated heterocycles. The molecule has 18 heavy (non-hydrogen) atoms. The van der Waals surface area contributed by atoms with Crippen LogP contribution in [0.25, 0.3) is 0 Å². The molecule has 1 amide bonds. The number of nitrogens with one attached hydrogen (secondary N) is 1. The predicted molar refractivity (Wildman–Crippen MR) is 71.4 cm³/mol. The van der Waals surface area contributed by atoms with Gasteiger partial charge in [0.1, 0.15) is 4.87 Å². The van der Waals surface area contributed by atoms with Crippen molar-refractivity contribution in [3.63, 3.8) is 0 Å². The number of fused-ring (bicyclic) bond motifs is 1. The lowest BCUT2D eigenvalue weighted by Crippen LogP contribution is -2.53. The SMILES string of the molecule is O=C1NCCC2CN(Cc3ccccc3)CC12Cl. The van der Waals surface area contributed by atoms with Crippen molar-refractivity contribution in [3.8, 4) is 0 Å². The van der Waals surface area contributed by atoms with Gasteiger partial charge in [0, 0.05) is 32.1 Å². The van der Waals surface area contributed by atoms with Crippen LogP contribution in [-0.4, -0.2) is 35.3 Å². The summed E-state index contributed by atoms with van der Waals surface area (Å²) in [7, 11) is 0. The monoisotopic (exact) mass is 264 g/mol. The van der Waals surface area contributed by atoms with E-state index in [0.29, 0.717) is 6.54 Å². The molecule has 1 aromatic carbocycles. The van der Waals surface area contributed by atoms with Crippen molar-refractivity contribution < 1.29 is 4.79 Å². The highest BCUT2D eigenvalue weighted by Crippen LogP contribution is 2.38. The van der Waals surface area contributed by atoms with E-state index in [0.717, 1.165) is 26.1 Å². The molecule has 0 aromatic heterocycles. The van der Waals surface area contributed by atoms with Gasteiger partial charge in [0.2, 0.25) is 5.91 Å². The summed E-state index contributed by atoms with van der Waals surface area (Å²) < 4.78 is 0. The number of carbonyl (C=O) groups excluding carboxylic acids is 1. The lowest BCUT2D eigenvalue weighted by molar-refractivity contribution is -0.125. The first-order chi connectivity index (χ1) is 8.68. The van der Waals surface area contributed by atoms with Crippen molar-refractivity contribution in [1.29, 1.82) is 0 Å². The molecule has 96 valence electrons. The molecule has 0 spiro atoms. The van der Waals surface area contributed by atoms with Gasteiger partial charge in [0.05, 0.1) is 0 Å². The van der Waals surface area contributed by atoms with Crippen molar-refractivity contribution >= 4 is 17.5 Å². The maximum Gasteiger partial charge on any atom is 0.242 e. The summed E-state index contributed by atoms with van der Waals surface area (Å²) in [6.45, 7) is 3.21. The Balaban J connectivity index is 1.73. The van der Waals surface area contributed by atoms with Crippen LogP contribution in [0.1, 0.15) is 12.0 Å². The number of alkyl halides is 1. The van der Waals surface area contributed by atoms with E-state index < -0.39 is 4.87 Å². The number of rotatable bonds is 2. The molecule has 2 aliphatic heterocycles. The van der Waals surface area contributed by atoms with Crippen molar-refractivity contribution in [2.75, 3.05) is 19.6 Å². The number of nitrogens with zero attached hydrogens (tertiary/aromatic N) is 1. The molecular weight excluding hydrogens is 248 g/mol. The molecule has 0 bridgehead atoms. The summed E-state index contributed by atoms with van der Waals surface area (Å²) >= 11 is 6.53. The van der Waals surface area contributed by atoms with Gasteiger partial charge < -0.3 is 5.32 Å². The molecular formula is C14H17ClN2O. The largest absolute Gasteiger partial charge is 0.355 e. The van der Waals surface area contributed by atoms with Gasteiger partial charge in [0.25, 0.3) is 0 Å². The number of hydrogen-bond donors (Lipinski definition) is 1. The Morgan fingerprint density at radius 1 is 1.39 bits per heavy atom. The molecule has 0 aliphatic carbocycles. The van der Waals surface area contributed by atoms with Gasteiger partial charge in [-0.3, -0.25) is 9.69 Å². The predicted octanol–water partition coefficient (Wildman–Crippen LogP) is 1.62. The number of carbonyl (C=O) groups is 1. The molecule has 3 rings (SSSR count). The number of benzene rings is 1. The van der Waals surface area contributed by atoms with Crippen molar-refractivity contribution in [2.45, 2.75) is 17.8 Å². The average molecular weight is 265 g/mol. The zero-order valence-electron chi connectivity index (χ0n) is 10.2. The van der Waals surface area contributed by atoms with Crippen LogP contribution >= 0.6 is 11.6 Å². The van der Waals surface area contributed by atoms with Crippen molar-refractivity contribution in [1.82, 2.24) is 10.2 Å². The van der Waals surface area contributed by atoms with Crippen LogP contribution in [0.4, 0.5) is 0 Å². The van der Waals surface area contributed by atoms with E-state index in [9.17, 15) is 4.79 Å². The second kappa shape index (κ2) is 4.56. The van der Waals surface area contributed by atoms with Crippen LogP contribution in [0.2, 0.25) is 0 Å². The van der Waals surface area contributed by atoms with E-state index >= 15 is 0 Å². The molecule has 4 heteroatoms. The number of hydrogen-bond acceptors (Lipinski definition) is 2. The molecule has 0 saturated carbocycles. The Kier molecular flexibility index (Phi) is 3.04. The number of halogens is 1. The fraction of sp³-hybridized carbons (Fsp3) is 0.500. The Morgan fingerprint density at radius 3 is 2.89 bits per heavy atom. The number of likely N-dealkylation sites (tertiary alicyclic amines) is 1. The summed E-state index contributed by atoms with van der Waals surface area (Å²) in [5.74, 6) is 0.299. The lowest BCUT2D eigenvalue weighted by atomic mass is 9.88. The molecule has 2 fully saturated rings. The molecule has 0 radical (unpaired) electrons. The smallest absolute Gasteiger partial charge is 0.242 e. The van der Waals surface area contributed by atoms with Crippen LogP contribution < -0.4 is 5.32 Å². The van der Waals surface area contributed by atoms with E-state index in [4.69, 9.17) is 11.6 Å². The van der Waals surface area contributed by atoms with Gasteiger partial charge >= 0.3 is 0 Å². The van der Waals surface area contributed by atoms with Crippen LogP contribution in [-0.2, 0) is 11.3 Å². The molecule has 2 unspecified atom stereocenters. The maximum absolute atomic E-state index is 11.9. The number of amides is 1. The van der Waals surface area contributed by atoms with Crippen molar-refractivity contribution in [3.05, 3.63) is 35.9 Å². The fourth-order valence-corrected chi connectivity index (χ4v) is 3.44. The summed E-state index contributed by atoms with van der Waals surface area (Å²) in [5, 5.41) is 2.88. The van der Waals surface area contributed by atoms with E-state index in [1.54, 1.807) is 0 Å². The normalized spacial score (nSPS) is 32.1. The molecule has 1 aromatic rings. The highest BCUT2D eigenvalue weighted by atomic mass is 35.5. The Labute approximate surface area is 112 Å². The first-order valence-electron chi connectivity index (χ1n) is 6.42. The first-order valence-corrected chi connectivity index (χ1v) is 6.80. The molecule has 3 nitrogen and oxygen atoms in total. The van der Waals surface area contributed by atoms with Gasteiger partial charge in [-0.15, -0.1) is 11.6 Å².